The van der Waals surface area contributed by atoms with Crippen LogP contribution >= 0.6 is 0 Å². The van der Waals surface area contributed by atoms with Gasteiger partial charge in [0.25, 0.3) is 0 Å². The largest absolute Gasteiger partial charge is 0.542 e. The summed E-state index contributed by atoms with van der Waals surface area (Å²) >= 11 is 0. The Morgan fingerprint density at radius 1 is 1.36 bits per heavy atom. The summed E-state index contributed by atoms with van der Waals surface area (Å²) in [5.74, 6) is 0. The van der Waals surface area contributed by atoms with Crippen LogP contribution in [0.4, 0.5) is 4.79 Å². The van der Waals surface area contributed by atoms with Gasteiger partial charge in [-0.2, -0.15) is 0 Å². The molecule has 1 aliphatic rings. The zero-order valence-electron chi connectivity index (χ0n) is 5.99. The molecule has 1 saturated carbocycles. The van der Waals surface area contributed by atoms with Crippen LogP contribution < -0.4 is 0 Å². The first-order valence-corrected chi connectivity index (χ1v) is 3.51. The van der Waals surface area contributed by atoms with E-state index in [1.165, 1.54) is 0 Å². The lowest BCUT2D eigenvalue weighted by atomic mass is 10.3. The van der Waals surface area contributed by atoms with Crippen molar-refractivity contribution in [2.24, 2.45) is 0 Å². The average molecular weight is 162 g/mol. The van der Waals surface area contributed by atoms with Gasteiger partial charge in [-0.15, -0.1) is 0 Å². The Morgan fingerprint density at radius 3 is 2.55 bits per heavy atom. The first kappa shape index (κ1) is 8.29. The molecule has 0 aromatic heterocycles. The quantitative estimate of drug-likeness (QED) is 0.378. The predicted molar refractivity (Wildman–Crippen MR) is 33.5 cm³/mol. The van der Waals surface area contributed by atoms with E-state index in [1.807, 2.05) is 0 Å². The first-order chi connectivity index (χ1) is 5.33. The summed E-state index contributed by atoms with van der Waals surface area (Å²) in [7, 11) is 0. The zero-order chi connectivity index (χ0) is 8.10. The van der Waals surface area contributed by atoms with E-state index < -0.39 is 6.16 Å². The maximum absolute atomic E-state index is 10.5. The van der Waals surface area contributed by atoms with Crippen molar-refractivity contribution in [3.63, 3.8) is 0 Å². The molecule has 0 aliphatic heterocycles. The third-order valence-corrected chi connectivity index (χ3v) is 1.67. The minimum absolute atomic E-state index is 0.0716. The van der Waals surface area contributed by atoms with Crippen LogP contribution in [0.1, 0.15) is 25.7 Å². The number of hydrogen-bond donors (Lipinski definition) is 1. The highest BCUT2D eigenvalue weighted by atomic mass is 17.5. The van der Waals surface area contributed by atoms with Gasteiger partial charge in [0, 0.05) is 0 Å². The highest BCUT2D eigenvalue weighted by molar-refractivity contribution is 5.59. The molecular formula is C6H10O5. The summed E-state index contributed by atoms with van der Waals surface area (Å²) in [5, 5.41) is 10.8. The van der Waals surface area contributed by atoms with Gasteiger partial charge in [0.1, 0.15) is 6.10 Å². The van der Waals surface area contributed by atoms with Crippen LogP contribution in [0.25, 0.3) is 0 Å². The van der Waals surface area contributed by atoms with E-state index in [0.29, 0.717) is 0 Å². The molecule has 0 saturated heterocycles. The summed E-state index contributed by atoms with van der Waals surface area (Å²) in [6.45, 7) is 0. The van der Waals surface area contributed by atoms with Crippen molar-refractivity contribution in [2.45, 2.75) is 31.8 Å². The summed E-state index contributed by atoms with van der Waals surface area (Å²) in [6, 6.07) is 0. The first-order valence-electron chi connectivity index (χ1n) is 3.51. The Bertz CT molecular complexity index is 129. The number of rotatable bonds is 2. The Kier molecular flexibility index (Phi) is 3.13. The summed E-state index contributed by atoms with van der Waals surface area (Å²) in [4.78, 5) is 14.2. The normalized spacial score (nSPS) is 18.3. The second-order valence-electron chi connectivity index (χ2n) is 2.43. The molecule has 0 bridgehead atoms. The van der Waals surface area contributed by atoms with Crippen LogP contribution in [0.2, 0.25) is 0 Å². The van der Waals surface area contributed by atoms with E-state index in [1.54, 1.807) is 0 Å². The van der Waals surface area contributed by atoms with Crippen molar-refractivity contribution in [1.29, 1.82) is 0 Å². The van der Waals surface area contributed by atoms with Gasteiger partial charge >= 0.3 is 6.16 Å². The summed E-state index contributed by atoms with van der Waals surface area (Å²) in [5.41, 5.74) is 0. The van der Waals surface area contributed by atoms with Gasteiger partial charge in [0.15, 0.2) is 0 Å². The molecule has 0 radical (unpaired) electrons. The van der Waals surface area contributed by atoms with Gasteiger partial charge in [-0.05, 0) is 30.7 Å². The van der Waals surface area contributed by atoms with Gasteiger partial charge in [-0.3, -0.25) is 0 Å². The molecule has 0 spiro atoms. The topological polar surface area (TPSA) is 65.0 Å². The molecule has 0 unspecified atom stereocenters. The second-order valence-corrected chi connectivity index (χ2v) is 2.43. The van der Waals surface area contributed by atoms with Crippen LogP contribution in [0.15, 0.2) is 0 Å². The molecule has 5 heteroatoms. The molecule has 11 heavy (non-hydrogen) atoms. The maximum atomic E-state index is 10.5. The minimum atomic E-state index is -0.987. The molecule has 5 nitrogen and oxygen atoms in total. The average Bonchev–Trinajstić information content (AvgIpc) is 2.40. The van der Waals surface area contributed by atoms with Gasteiger partial charge in [0.05, 0.1) is 0 Å². The van der Waals surface area contributed by atoms with Crippen molar-refractivity contribution >= 4 is 6.16 Å². The van der Waals surface area contributed by atoms with E-state index in [4.69, 9.17) is 9.99 Å². The van der Waals surface area contributed by atoms with Crippen molar-refractivity contribution in [1.82, 2.24) is 0 Å². The lowest BCUT2D eigenvalue weighted by Crippen LogP contribution is -2.15. The van der Waals surface area contributed by atoms with Crippen LogP contribution in [0, 0.1) is 0 Å². The Morgan fingerprint density at radius 2 is 2.00 bits per heavy atom. The standard InChI is InChI=1S/C6H10O5/c7-6(10-11-8)9-5-3-1-2-4-5/h5,8H,1-4H2. The van der Waals surface area contributed by atoms with Crippen LogP contribution in [0.3, 0.4) is 0 Å². The summed E-state index contributed by atoms with van der Waals surface area (Å²) in [6.07, 6.45) is 2.80. The lowest BCUT2D eigenvalue weighted by Gasteiger charge is -2.07. The fraction of sp³-hybridized carbons (Fsp3) is 0.833. The molecule has 1 rings (SSSR count). The lowest BCUT2D eigenvalue weighted by molar-refractivity contribution is -0.462. The third-order valence-electron chi connectivity index (χ3n) is 1.67. The van der Waals surface area contributed by atoms with Crippen molar-refractivity contribution < 1.29 is 24.7 Å². The van der Waals surface area contributed by atoms with Gasteiger partial charge in [0.2, 0.25) is 0 Å². The van der Waals surface area contributed by atoms with Crippen LogP contribution in [0.5, 0.6) is 0 Å². The van der Waals surface area contributed by atoms with Crippen molar-refractivity contribution in [3.05, 3.63) is 0 Å². The molecular weight excluding hydrogens is 152 g/mol. The number of carbonyl (C=O) groups excluding carboxylic acids is 1. The molecule has 0 amide bonds. The Balaban J connectivity index is 2.13. The smallest absolute Gasteiger partial charge is 0.429 e. The highest BCUT2D eigenvalue weighted by Crippen LogP contribution is 2.21. The molecule has 0 aromatic carbocycles. The zero-order valence-corrected chi connectivity index (χ0v) is 5.99. The molecule has 0 heterocycles. The van der Waals surface area contributed by atoms with E-state index in [2.05, 4.69) is 9.93 Å². The van der Waals surface area contributed by atoms with E-state index >= 15 is 0 Å². The van der Waals surface area contributed by atoms with Crippen molar-refractivity contribution in [2.75, 3.05) is 0 Å². The number of ether oxygens (including phenoxy) is 1. The van der Waals surface area contributed by atoms with E-state index in [0.717, 1.165) is 25.7 Å². The molecule has 64 valence electrons. The van der Waals surface area contributed by atoms with E-state index in [-0.39, 0.29) is 6.10 Å². The Hall–Kier alpha value is -0.810. The van der Waals surface area contributed by atoms with E-state index in [9.17, 15) is 4.79 Å². The van der Waals surface area contributed by atoms with Crippen molar-refractivity contribution in [3.8, 4) is 0 Å². The molecule has 0 aromatic rings. The molecule has 1 fully saturated rings. The summed E-state index contributed by atoms with van der Waals surface area (Å²) < 4.78 is 4.71. The molecule has 1 N–H and O–H groups in total. The SMILES string of the molecule is O=C(OOO)OC1CCCC1. The third kappa shape index (κ3) is 2.73. The van der Waals surface area contributed by atoms with Gasteiger partial charge in [-0.25, -0.2) is 14.9 Å². The highest BCUT2D eigenvalue weighted by Gasteiger charge is 2.20. The van der Waals surface area contributed by atoms with Crippen LogP contribution in [-0.2, 0) is 14.7 Å². The molecule has 1 aliphatic carbocycles. The van der Waals surface area contributed by atoms with Gasteiger partial charge < -0.3 is 4.74 Å². The molecule has 0 atom stereocenters. The Labute approximate surface area is 63.7 Å². The fourth-order valence-electron chi connectivity index (χ4n) is 1.19. The van der Waals surface area contributed by atoms with Gasteiger partial charge in [-0.1, -0.05) is 0 Å². The number of hydrogen-bond acceptors (Lipinski definition) is 5. The monoisotopic (exact) mass is 162 g/mol. The predicted octanol–water partition coefficient (Wildman–Crippen LogP) is 1.49. The minimum Gasteiger partial charge on any atom is -0.429 e. The van der Waals surface area contributed by atoms with Crippen LogP contribution in [-0.4, -0.2) is 17.5 Å². The maximum Gasteiger partial charge on any atom is 0.542 e. The fourth-order valence-corrected chi connectivity index (χ4v) is 1.19. The second kappa shape index (κ2) is 4.15. The number of carbonyl (C=O) groups is 1.